The number of imidazole rings is 1. The second-order valence-corrected chi connectivity index (χ2v) is 9.22. The van der Waals surface area contributed by atoms with Gasteiger partial charge in [0.05, 0.1) is 17.9 Å². The first-order valence-electron chi connectivity index (χ1n) is 11.8. The third-order valence-corrected chi connectivity index (χ3v) is 6.58. The van der Waals surface area contributed by atoms with E-state index in [2.05, 4.69) is 29.0 Å². The fraction of sp³-hybridized carbons (Fsp3) is 0.385. The summed E-state index contributed by atoms with van der Waals surface area (Å²) in [4.78, 5) is 19.3. The summed E-state index contributed by atoms with van der Waals surface area (Å²) in [5.41, 5.74) is 5.84. The Morgan fingerprint density at radius 1 is 1.24 bits per heavy atom. The zero-order valence-electron chi connectivity index (χ0n) is 20.0. The Morgan fingerprint density at radius 3 is 2.79 bits per heavy atom. The number of nitrogens with one attached hydrogen (secondary N) is 1. The van der Waals surface area contributed by atoms with Crippen molar-refractivity contribution < 1.29 is 9.53 Å². The standard InChI is InChI=1S/C26H30N6O2/c1-5-31-22(15-34-23-13-20-12-17(3)8-11-21(20)29-30-23)28-25-24(31)18(4)27-26(33)32(25)14-19-9-6-16(2)7-10-19/h6-7,9-10,13,17H,4-5,8,11-12,14-15H2,1-3H3,(H,27,33). The molecule has 1 aliphatic carbocycles. The number of urea groups is 1. The fourth-order valence-corrected chi connectivity index (χ4v) is 4.69. The van der Waals surface area contributed by atoms with E-state index in [-0.39, 0.29) is 12.6 Å². The Balaban J connectivity index is 1.41. The number of hydrogen-bond donors (Lipinski definition) is 1. The zero-order chi connectivity index (χ0) is 23.8. The largest absolute Gasteiger partial charge is 0.468 e. The highest BCUT2D eigenvalue weighted by Gasteiger charge is 2.32. The normalized spacial score (nSPS) is 17.3. The molecule has 1 unspecified atom stereocenters. The summed E-state index contributed by atoms with van der Waals surface area (Å²) in [7, 11) is 0. The SMILES string of the molecule is C=C1NC(=O)N(Cc2ccc(C)cc2)c2nc(COc3cc4c(nn3)CCC(C)C4)n(CC)c21. The number of fused-ring (bicyclic) bond motifs is 2. The molecule has 2 amide bonds. The van der Waals surface area contributed by atoms with Crippen molar-refractivity contribution in [1.82, 2.24) is 25.1 Å². The molecule has 0 saturated carbocycles. The summed E-state index contributed by atoms with van der Waals surface area (Å²) in [6, 6.07) is 9.92. The highest BCUT2D eigenvalue weighted by molar-refractivity contribution is 6.02. The number of rotatable bonds is 6. The molecule has 8 nitrogen and oxygen atoms in total. The van der Waals surface area contributed by atoms with Gasteiger partial charge in [0.15, 0.2) is 5.82 Å². The third-order valence-electron chi connectivity index (χ3n) is 6.58. The minimum atomic E-state index is -0.235. The molecule has 3 heterocycles. The van der Waals surface area contributed by atoms with Gasteiger partial charge in [0.25, 0.3) is 0 Å². The van der Waals surface area contributed by atoms with Gasteiger partial charge in [-0.25, -0.2) is 9.78 Å². The number of amides is 2. The number of nitrogens with zero attached hydrogens (tertiary/aromatic N) is 5. The number of aryl methyl sites for hydroxylation is 2. The first-order chi connectivity index (χ1) is 16.4. The van der Waals surface area contributed by atoms with Crippen LogP contribution in [0.1, 0.15) is 54.2 Å². The molecule has 1 N–H and O–H groups in total. The number of carbonyl (C=O) groups is 1. The number of carbonyl (C=O) groups excluding carboxylic acids is 1. The van der Waals surface area contributed by atoms with Gasteiger partial charge in [0.2, 0.25) is 5.88 Å². The van der Waals surface area contributed by atoms with Gasteiger partial charge in [-0.3, -0.25) is 4.90 Å². The Bertz CT molecular complexity index is 1250. The van der Waals surface area contributed by atoms with Gasteiger partial charge in [-0.2, -0.15) is 5.10 Å². The van der Waals surface area contributed by atoms with Crippen LogP contribution in [-0.4, -0.2) is 25.8 Å². The maximum atomic E-state index is 12.8. The maximum absolute atomic E-state index is 12.8. The average Bonchev–Trinajstić information content (AvgIpc) is 3.20. The van der Waals surface area contributed by atoms with Gasteiger partial charge in [-0.1, -0.05) is 43.3 Å². The van der Waals surface area contributed by atoms with Gasteiger partial charge in [0, 0.05) is 12.6 Å². The molecule has 3 aromatic rings. The minimum absolute atomic E-state index is 0.226. The maximum Gasteiger partial charge on any atom is 0.327 e. The number of aromatic nitrogens is 4. The quantitative estimate of drug-likeness (QED) is 0.592. The van der Waals surface area contributed by atoms with E-state index in [0.29, 0.717) is 42.2 Å². The Kier molecular flexibility index (Phi) is 5.81. The van der Waals surface area contributed by atoms with E-state index >= 15 is 0 Å². The molecule has 1 atom stereocenters. The van der Waals surface area contributed by atoms with Crippen molar-refractivity contribution in [2.45, 2.75) is 59.7 Å². The number of anilines is 1. The third kappa shape index (κ3) is 4.16. The molecule has 34 heavy (non-hydrogen) atoms. The van der Waals surface area contributed by atoms with E-state index in [1.165, 1.54) is 11.1 Å². The summed E-state index contributed by atoms with van der Waals surface area (Å²) < 4.78 is 8.07. The molecule has 1 aromatic carbocycles. The average molecular weight is 459 g/mol. The van der Waals surface area contributed by atoms with E-state index in [4.69, 9.17) is 9.72 Å². The second-order valence-electron chi connectivity index (χ2n) is 9.22. The number of hydrogen-bond acceptors (Lipinski definition) is 5. The van der Waals surface area contributed by atoms with E-state index in [0.717, 1.165) is 36.2 Å². The molecular weight excluding hydrogens is 428 g/mol. The van der Waals surface area contributed by atoms with E-state index in [1.807, 2.05) is 48.7 Å². The smallest absolute Gasteiger partial charge is 0.327 e. The molecule has 2 aliphatic rings. The zero-order valence-corrected chi connectivity index (χ0v) is 20.0. The first kappa shape index (κ1) is 22.1. The second kappa shape index (κ2) is 8.93. The van der Waals surface area contributed by atoms with Crippen molar-refractivity contribution in [2.75, 3.05) is 4.90 Å². The van der Waals surface area contributed by atoms with Crippen LogP contribution in [0.3, 0.4) is 0 Å². The van der Waals surface area contributed by atoms with Gasteiger partial charge >= 0.3 is 6.03 Å². The fourth-order valence-electron chi connectivity index (χ4n) is 4.69. The number of benzene rings is 1. The molecule has 2 aromatic heterocycles. The number of ether oxygens (including phenoxy) is 1. The van der Waals surface area contributed by atoms with Crippen molar-refractivity contribution in [3.63, 3.8) is 0 Å². The van der Waals surface area contributed by atoms with Gasteiger partial charge in [-0.05, 0) is 50.2 Å². The van der Waals surface area contributed by atoms with Crippen molar-refractivity contribution in [2.24, 2.45) is 5.92 Å². The lowest BCUT2D eigenvalue weighted by molar-refractivity contribution is 0.249. The Morgan fingerprint density at radius 2 is 2.03 bits per heavy atom. The van der Waals surface area contributed by atoms with Gasteiger partial charge in [-0.15, -0.1) is 5.10 Å². The summed E-state index contributed by atoms with van der Waals surface area (Å²) in [5.74, 6) is 2.46. The molecule has 0 bridgehead atoms. The Hall–Kier alpha value is -3.68. The van der Waals surface area contributed by atoms with Crippen LogP contribution in [0.15, 0.2) is 36.9 Å². The highest BCUT2D eigenvalue weighted by atomic mass is 16.5. The minimum Gasteiger partial charge on any atom is -0.468 e. The molecule has 5 rings (SSSR count). The van der Waals surface area contributed by atoms with Crippen LogP contribution < -0.4 is 15.0 Å². The topological polar surface area (TPSA) is 85.2 Å². The van der Waals surface area contributed by atoms with Crippen molar-refractivity contribution in [3.05, 3.63) is 70.8 Å². The van der Waals surface area contributed by atoms with Crippen LogP contribution in [0.25, 0.3) is 5.70 Å². The van der Waals surface area contributed by atoms with E-state index in [9.17, 15) is 4.79 Å². The van der Waals surface area contributed by atoms with E-state index in [1.54, 1.807) is 4.90 Å². The predicted octanol–water partition coefficient (Wildman–Crippen LogP) is 4.41. The monoisotopic (exact) mass is 458 g/mol. The van der Waals surface area contributed by atoms with Crippen LogP contribution >= 0.6 is 0 Å². The predicted molar refractivity (Wildman–Crippen MR) is 130 cm³/mol. The van der Waals surface area contributed by atoms with Crippen molar-refractivity contribution >= 4 is 17.5 Å². The van der Waals surface area contributed by atoms with Crippen LogP contribution in [0.2, 0.25) is 0 Å². The summed E-state index contributed by atoms with van der Waals surface area (Å²) in [6.45, 7) is 11.7. The molecular formula is C26H30N6O2. The molecule has 1 aliphatic heterocycles. The lowest BCUT2D eigenvalue weighted by Gasteiger charge is -2.28. The van der Waals surface area contributed by atoms with Gasteiger partial charge < -0.3 is 14.6 Å². The summed E-state index contributed by atoms with van der Waals surface area (Å²) in [6.07, 6.45) is 3.12. The lowest BCUT2D eigenvalue weighted by Crippen LogP contribution is -2.43. The molecule has 0 spiro atoms. The Labute approximate surface area is 199 Å². The first-order valence-corrected chi connectivity index (χ1v) is 11.8. The summed E-state index contributed by atoms with van der Waals surface area (Å²) in [5, 5.41) is 11.5. The molecule has 0 radical (unpaired) electrons. The molecule has 8 heteroatoms. The van der Waals surface area contributed by atoms with Crippen LogP contribution in [0.5, 0.6) is 5.88 Å². The van der Waals surface area contributed by atoms with Crippen molar-refractivity contribution in [3.8, 4) is 5.88 Å². The van der Waals surface area contributed by atoms with Crippen LogP contribution in [0.4, 0.5) is 10.6 Å². The van der Waals surface area contributed by atoms with Gasteiger partial charge in [0.1, 0.15) is 18.1 Å². The summed E-state index contributed by atoms with van der Waals surface area (Å²) >= 11 is 0. The van der Waals surface area contributed by atoms with Crippen LogP contribution in [0, 0.1) is 12.8 Å². The van der Waals surface area contributed by atoms with Crippen molar-refractivity contribution in [1.29, 1.82) is 0 Å². The highest BCUT2D eigenvalue weighted by Crippen LogP contribution is 2.32. The molecule has 176 valence electrons. The van der Waals surface area contributed by atoms with E-state index < -0.39 is 0 Å². The molecule has 0 saturated heterocycles. The molecule has 0 fully saturated rings. The van der Waals surface area contributed by atoms with Crippen LogP contribution in [-0.2, 0) is 32.5 Å². The lowest BCUT2D eigenvalue weighted by atomic mass is 9.88.